The summed E-state index contributed by atoms with van der Waals surface area (Å²) in [6.07, 6.45) is 1.80. The fourth-order valence-corrected chi connectivity index (χ4v) is 3.12. The minimum absolute atomic E-state index is 0.0481. The van der Waals surface area contributed by atoms with Gasteiger partial charge in [0.15, 0.2) is 11.3 Å². The first-order valence-corrected chi connectivity index (χ1v) is 8.93. The highest BCUT2D eigenvalue weighted by atomic mass is 16.3. The lowest BCUT2D eigenvalue weighted by molar-refractivity contribution is 0.430. The summed E-state index contributed by atoms with van der Waals surface area (Å²) in [7, 11) is 0. The fraction of sp³-hybridized carbons (Fsp3) is 0.364. The molecule has 0 aliphatic rings. The zero-order valence-electron chi connectivity index (χ0n) is 16.2. The van der Waals surface area contributed by atoms with Crippen LogP contribution < -0.4 is 0 Å². The molecule has 4 nitrogen and oxygen atoms in total. The van der Waals surface area contributed by atoms with Crippen molar-refractivity contribution in [1.82, 2.24) is 9.97 Å². The molecule has 0 fully saturated rings. The molecule has 4 aromatic heterocycles. The van der Waals surface area contributed by atoms with Gasteiger partial charge < -0.3 is 8.83 Å². The minimum atomic E-state index is -0.0514. The van der Waals surface area contributed by atoms with Crippen LogP contribution in [0.3, 0.4) is 0 Å². The monoisotopic (exact) mass is 348 g/mol. The average molecular weight is 348 g/mol. The highest BCUT2D eigenvalue weighted by Gasteiger charge is 2.22. The van der Waals surface area contributed by atoms with E-state index in [2.05, 4.69) is 46.5 Å². The van der Waals surface area contributed by atoms with Crippen LogP contribution in [0, 0.1) is 0 Å². The van der Waals surface area contributed by atoms with Crippen molar-refractivity contribution in [3.8, 4) is 11.5 Å². The summed E-state index contributed by atoms with van der Waals surface area (Å²) in [5.41, 5.74) is 4.22. The number of hydrogen-bond donors (Lipinski definition) is 0. The summed E-state index contributed by atoms with van der Waals surface area (Å²) in [4.78, 5) is 9.33. The van der Waals surface area contributed by atoms with Crippen molar-refractivity contribution in [1.29, 1.82) is 0 Å². The lowest BCUT2D eigenvalue weighted by Gasteiger charge is -2.17. The smallest absolute Gasteiger partial charge is 0.153 e. The predicted octanol–water partition coefficient (Wildman–Crippen LogP) is 6.23. The number of hydrogen-bond acceptors (Lipinski definition) is 4. The van der Waals surface area contributed by atoms with Crippen LogP contribution in [0.5, 0.6) is 0 Å². The van der Waals surface area contributed by atoms with Crippen molar-refractivity contribution in [2.75, 3.05) is 0 Å². The molecular weight excluding hydrogens is 324 g/mol. The van der Waals surface area contributed by atoms with Crippen molar-refractivity contribution in [2.24, 2.45) is 0 Å². The molecule has 26 heavy (non-hydrogen) atoms. The maximum atomic E-state index is 6.08. The van der Waals surface area contributed by atoms with Crippen molar-refractivity contribution in [3.63, 3.8) is 0 Å². The molecule has 0 amide bonds. The van der Waals surface area contributed by atoms with Gasteiger partial charge >= 0.3 is 0 Å². The second kappa shape index (κ2) is 5.44. The van der Waals surface area contributed by atoms with E-state index in [4.69, 9.17) is 13.8 Å². The van der Waals surface area contributed by atoms with E-state index in [1.165, 1.54) is 0 Å². The number of fused-ring (bicyclic) bond motifs is 2. The first-order chi connectivity index (χ1) is 12.1. The number of aromatic nitrogens is 2. The van der Waals surface area contributed by atoms with Crippen LogP contribution in [0.2, 0.25) is 0 Å². The van der Waals surface area contributed by atoms with Gasteiger partial charge in [-0.05, 0) is 24.3 Å². The molecule has 0 aliphatic heterocycles. The van der Waals surface area contributed by atoms with E-state index >= 15 is 0 Å². The van der Waals surface area contributed by atoms with Crippen LogP contribution in [0.15, 0.2) is 45.4 Å². The van der Waals surface area contributed by atoms with E-state index in [0.29, 0.717) is 0 Å². The Bertz CT molecular complexity index is 1100. The van der Waals surface area contributed by atoms with Crippen molar-refractivity contribution >= 4 is 22.1 Å². The molecule has 0 saturated heterocycles. The molecule has 0 unspecified atom stereocenters. The van der Waals surface area contributed by atoms with Gasteiger partial charge in [-0.2, -0.15) is 0 Å². The molecule has 0 saturated carbocycles. The van der Waals surface area contributed by atoms with Crippen LogP contribution in [0.4, 0.5) is 0 Å². The summed E-state index contributed by atoms with van der Waals surface area (Å²) < 4.78 is 12.0. The Balaban J connectivity index is 1.85. The van der Waals surface area contributed by atoms with E-state index < -0.39 is 0 Å². The molecule has 4 aromatic rings. The average Bonchev–Trinajstić information content (AvgIpc) is 3.16. The van der Waals surface area contributed by atoms with Gasteiger partial charge in [-0.1, -0.05) is 41.5 Å². The number of furan rings is 2. The van der Waals surface area contributed by atoms with Gasteiger partial charge in [0.05, 0.1) is 5.69 Å². The summed E-state index contributed by atoms with van der Waals surface area (Å²) in [6, 6.07) is 9.87. The van der Waals surface area contributed by atoms with E-state index in [-0.39, 0.29) is 10.8 Å². The Hall–Kier alpha value is -2.62. The summed E-state index contributed by atoms with van der Waals surface area (Å²) in [5, 5.41) is 1.04. The molecule has 0 spiro atoms. The van der Waals surface area contributed by atoms with Crippen LogP contribution in [-0.2, 0) is 10.8 Å². The molecule has 134 valence electrons. The lowest BCUT2D eigenvalue weighted by Crippen LogP contribution is -2.13. The van der Waals surface area contributed by atoms with Gasteiger partial charge in [0.1, 0.15) is 22.6 Å². The molecule has 4 rings (SSSR count). The molecule has 0 bridgehead atoms. The quantitative estimate of drug-likeness (QED) is 0.409. The van der Waals surface area contributed by atoms with Gasteiger partial charge in [-0.3, -0.25) is 4.98 Å². The lowest BCUT2D eigenvalue weighted by atomic mass is 9.89. The Labute approximate surface area is 153 Å². The molecule has 4 heteroatoms. The first-order valence-electron chi connectivity index (χ1n) is 8.93. The minimum Gasteiger partial charge on any atom is -0.459 e. The maximum Gasteiger partial charge on any atom is 0.153 e. The first kappa shape index (κ1) is 16.8. The van der Waals surface area contributed by atoms with E-state index in [1.54, 1.807) is 6.20 Å². The van der Waals surface area contributed by atoms with Gasteiger partial charge in [0.2, 0.25) is 0 Å². The number of rotatable bonds is 1. The summed E-state index contributed by atoms with van der Waals surface area (Å²) in [6.45, 7) is 12.9. The standard InChI is InChI=1S/C22H24N2O2/c1-21(2,3)19-12-15-17(26-19)8-7-14(24-15)18-11-13-16(25-18)9-10-23-20(13)22(4,5)6/h7-12H,1-6H3. The summed E-state index contributed by atoms with van der Waals surface area (Å²) in [5.74, 6) is 1.68. The molecule has 0 N–H and O–H groups in total. The molecule has 0 radical (unpaired) electrons. The van der Waals surface area contributed by atoms with Gasteiger partial charge in [-0.15, -0.1) is 0 Å². The van der Waals surface area contributed by atoms with E-state index in [0.717, 1.165) is 45.0 Å². The normalized spacial score (nSPS) is 13.0. The van der Waals surface area contributed by atoms with Crippen LogP contribution in [0.25, 0.3) is 33.5 Å². The van der Waals surface area contributed by atoms with E-state index in [1.807, 2.05) is 30.3 Å². The highest BCUT2D eigenvalue weighted by Crippen LogP contribution is 2.34. The Kier molecular flexibility index (Phi) is 3.52. The zero-order chi connectivity index (χ0) is 18.7. The Morgan fingerprint density at radius 3 is 2.27 bits per heavy atom. The van der Waals surface area contributed by atoms with Crippen LogP contribution in [0.1, 0.15) is 53.0 Å². The van der Waals surface area contributed by atoms with Crippen molar-refractivity contribution in [3.05, 3.63) is 48.0 Å². The van der Waals surface area contributed by atoms with Crippen LogP contribution in [-0.4, -0.2) is 9.97 Å². The maximum absolute atomic E-state index is 6.08. The molecule has 0 aliphatic carbocycles. The highest BCUT2D eigenvalue weighted by molar-refractivity contribution is 5.86. The largest absolute Gasteiger partial charge is 0.459 e. The van der Waals surface area contributed by atoms with Gasteiger partial charge in [0, 0.05) is 28.5 Å². The number of nitrogens with zero attached hydrogens (tertiary/aromatic N) is 2. The molecule has 0 atom stereocenters. The molecular formula is C22H24N2O2. The number of pyridine rings is 2. The van der Waals surface area contributed by atoms with Gasteiger partial charge in [-0.25, -0.2) is 4.98 Å². The van der Waals surface area contributed by atoms with Crippen molar-refractivity contribution < 1.29 is 8.83 Å². The second-order valence-corrected chi connectivity index (χ2v) is 8.87. The third-order valence-electron chi connectivity index (χ3n) is 4.52. The SMILES string of the molecule is CC(C)(C)c1cc2nc(-c3cc4c(C(C)(C)C)nccc4o3)ccc2o1. The molecule has 0 aromatic carbocycles. The Morgan fingerprint density at radius 2 is 1.58 bits per heavy atom. The van der Waals surface area contributed by atoms with Gasteiger partial charge in [0.25, 0.3) is 0 Å². The molecule has 4 heterocycles. The van der Waals surface area contributed by atoms with Crippen LogP contribution >= 0.6 is 0 Å². The Morgan fingerprint density at radius 1 is 0.808 bits per heavy atom. The zero-order valence-corrected chi connectivity index (χ0v) is 16.2. The third kappa shape index (κ3) is 2.79. The topological polar surface area (TPSA) is 52.1 Å². The second-order valence-electron chi connectivity index (χ2n) is 8.87. The third-order valence-corrected chi connectivity index (χ3v) is 4.52. The van der Waals surface area contributed by atoms with Crippen molar-refractivity contribution in [2.45, 2.75) is 52.4 Å². The van der Waals surface area contributed by atoms with E-state index in [9.17, 15) is 0 Å². The fourth-order valence-electron chi connectivity index (χ4n) is 3.12. The summed E-state index contributed by atoms with van der Waals surface area (Å²) >= 11 is 0. The predicted molar refractivity (Wildman–Crippen MR) is 104 cm³/mol.